The first-order valence-corrected chi connectivity index (χ1v) is 9.63. The summed E-state index contributed by atoms with van der Waals surface area (Å²) in [6, 6.07) is 6.97. The number of rotatable bonds is 7. The van der Waals surface area contributed by atoms with Gasteiger partial charge < -0.3 is 25.6 Å². The van der Waals surface area contributed by atoms with Crippen molar-refractivity contribution in [3.63, 3.8) is 0 Å². The molecule has 1 amide bonds. The van der Waals surface area contributed by atoms with Gasteiger partial charge in [-0.15, -0.1) is 0 Å². The van der Waals surface area contributed by atoms with Crippen LogP contribution in [0.2, 0.25) is 0 Å². The Morgan fingerprint density at radius 3 is 2.28 bits per heavy atom. The van der Waals surface area contributed by atoms with E-state index in [0.29, 0.717) is 0 Å². The first kappa shape index (κ1) is 25.3. The van der Waals surface area contributed by atoms with Crippen molar-refractivity contribution in [1.82, 2.24) is 10.3 Å². The van der Waals surface area contributed by atoms with E-state index < -0.39 is 41.5 Å². The summed E-state index contributed by atoms with van der Waals surface area (Å²) in [5.41, 5.74) is 0.606. The van der Waals surface area contributed by atoms with Gasteiger partial charge in [-0.1, -0.05) is 0 Å². The maximum Gasteiger partial charge on any atom is 0.424 e. The van der Waals surface area contributed by atoms with Gasteiger partial charge in [-0.05, 0) is 57.2 Å². The van der Waals surface area contributed by atoms with Crippen molar-refractivity contribution in [1.29, 1.82) is 0 Å². The van der Waals surface area contributed by atoms with Crippen LogP contribution in [0.4, 0.5) is 22.4 Å². The number of ether oxygens (including phenoxy) is 2. The van der Waals surface area contributed by atoms with Crippen LogP contribution in [0.25, 0.3) is 11.3 Å². The van der Waals surface area contributed by atoms with Crippen LogP contribution >= 0.6 is 0 Å². The number of hydrogen-bond acceptors (Lipinski definition) is 6. The van der Waals surface area contributed by atoms with E-state index in [9.17, 15) is 27.5 Å². The van der Waals surface area contributed by atoms with Crippen molar-refractivity contribution in [2.45, 2.75) is 38.1 Å². The number of halogens is 4. The molecule has 0 fully saturated rings. The number of hydrogen-bond donors (Lipinski definition) is 3. The molecule has 1 aromatic heterocycles. The number of amides is 1. The van der Waals surface area contributed by atoms with Crippen molar-refractivity contribution < 1.29 is 36.9 Å². The molecule has 0 aliphatic heterocycles. The van der Waals surface area contributed by atoms with E-state index in [1.165, 1.54) is 18.2 Å². The van der Waals surface area contributed by atoms with E-state index in [1.54, 1.807) is 20.8 Å². The van der Waals surface area contributed by atoms with E-state index in [-0.39, 0.29) is 30.2 Å². The normalized spacial score (nSPS) is 13.9. The van der Waals surface area contributed by atoms with E-state index >= 15 is 0 Å². The lowest BCUT2D eigenvalue weighted by atomic mass is 9.97. The van der Waals surface area contributed by atoms with Gasteiger partial charge in [0.25, 0.3) is 0 Å². The fourth-order valence-electron chi connectivity index (χ4n) is 2.60. The minimum absolute atomic E-state index is 0.0365. The Morgan fingerprint density at radius 1 is 1.12 bits per heavy atom. The molecule has 1 heterocycles. The molecule has 0 radical (unpaired) electrons. The molecule has 2 rings (SSSR count). The van der Waals surface area contributed by atoms with Crippen LogP contribution in [-0.2, 0) is 10.3 Å². The van der Waals surface area contributed by atoms with E-state index in [1.807, 2.05) is 0 Å². The zero-order valence-electron chi connectivity index (χ0n) is 17.8. The van der Waals surface area contributed by atoms with Gasteiger partial charge in [0.15, 0.2) is 0 Å². The predicted octanol–water partition coefficient (Wildman–Crippen LogP) is 3.50. The van der Waals surface area contributed by atoms with Crippen molar-refractivity contribution in [3.05, 3.63) is 47.9 Å². The number of nitrogens with one attached hydrogen (secondary N) is 1. The molecule has 0 aliphatic carbocycles. The van der Waals surface area contributed by atoms with Gasteiger partial charge in [-0.2, -0.15) is 13.2 Å². The molecule has 0 spiro atoms. The third-order valence-corrected chi connectivity index (χ3v) is 4.19. The van der Waals surface area contributed by atoms with Gasteiger partial charge in [0, 0.05) is 12.1 Å². The van der Waals surface area contributed by atoms with Crippen molar-refractivity contribution in [2.24, 2.45) is 5.73 Å². The zero-order valence-corrected chi connectivity index (χ0v) is 17.8. The Kier molecular flexibility index (Phi) is 7.68. The molecule has 1 atom stereocenters. The largest absolute Gasteiger partial charge is 0.489 e. The Bertz CT molecular complexity index is 930. The molecule has 32 heavy (non-hydrogen) atoms. The SMILES string of the molecule is CC(C)(C)OC(=O)NCCOc1ccc(C(O)(CN)C(F)(F)F)nc1-c1ccc(F)cc1. The molecule has 0 aliphatic rings. The number of aliphatic hydroxyl groups is 1. The van der Waals surface area contributed by atoms with Crippen LogP contribution in [0.1, 0.15) is 26.5 Å². The summed E-state index contributed by atoms with van der Waals surface area (Å²) in [5, 5.41) is 12.6. The molecular formula is C21H25F4N3O4. The average Bonchev–Trinajstić information content (AvgIpc) is 2.69. The molecular weight excluding hydrogens is 434 g/mol. The molecule has 4 N–H and O–H groups in total. The van der Waals surface area contributed by atoms with Crippen LogP contribution in [-0.4, -0.2) is 47.7 Å². The second kappa shape index (κ2) is 9.70. The average molecular weight is 459 g/mol. The Labute approximate surface area is 182 Å². The van der Waals surface area contributed by atoms with Crippen LogP contribution in [0, 0.1) is 5.82 Å². The highest BCUT2D eigenvalue weighted by Gasteiger charge is 2.55. The number of nitrogens with two attached hydrogens (primary N) is 1. The van der Waals surface area contributed by atoms with E-state index in [4.69, 9.17) is 15.2 Å². The molecule has 1 aromatic carbocycles. The maximum atomic E-state index is 13.4. The molecule has 11 heteroatoms. The Hall–Kier alpha value is -2.92. The van der Waals surface area contributed by atoms with Gasteiger partial charge in [0.1, 0.15) is 29.5 Å². The fraction of sp³-hybridized carbons (Fsp3) is 0.429. The summed E-state index contributed by atoms with van der Waals surface area (Å²) in [6.45, 7) is 3.94. The molecule has 0 saturated heterocycles. The van der Waals surface area contributed by atoms with Gasteiger partial charge in [0.05, 0.1) is 12.2 Å². The topological polar surface area (TPSA) is 107 Å². The summed E-state index contributed by atoms with van der Waals surface area (Å²) in [7, 11) is 0. The van der Waals surface area contributed by atoms with Gasteiger partial charge >= 0.3 is 12.3 Å². The van der Waals surface area contributed by atoms with Crippen molar-refractivity contribution >= 4 is 6.09 Å². The molecule has 0 bridgehead atoms. The maximum absolute atomic E-state index is 13.4. The van der Waals surface area contributed by atoms with E-state index in [2.05, 4.69) is 10.3 Å². The summed E-state index contributed by atoms with van der Waals surface area (Å²) >= 11 is 0. The molecule has 0 saturated carbocycles. The van der Waals surface area contributed by atoms with Crippen LogP contribution in [0.15, 0.2) is 36.4 Å². The number of pyridine rings is 1. The van der Waals surface area contributed by atoms with Crippen LogP contribution < -0.4 is 15.8 Å². The second-order valence-electron chi connectivity index (χ2n) is 7.89. The highest BCUT2D eigenvalue weighted by atomic mass is 19.4. The molecule has 1 unspecified atom stereocenters. The lowest BCUT2D eigenvalue weighted by Crippen LogP contribution is -2.49. The van der Waals surface area contributed by atoms with Crippen LogP contribution in [0.3, 0.4) is 0 Å². The number of carbonyl (C=O) groups is 1. The molecule has 7 nitrogen and oxygen atoms in total. The lowest BCUT2D eigenvalue weighted by Gasteiger charge is -2.29. The van der Waals surface area contributed by atoms with Crippen molar-refractivity contribution in [2.75, 3.05) is 19.7 Å². The first-order chi connectivity index (χ1) is 14.8. The highest BCUT2D eigenvalue weighted by Crippen LogP contribution is 2.39. The second-order valence-corrected chi connectivity index (χ2v) is 7.89. The monoisotopic (exact) mass is 459 g/mol. The Balaban J connectivity index is 2.29. The quantitative estimate of drug-likeness (QED) is 0.432. The Morgan fingerprint density at radius 2 is 1.75 bits per heavy atom. The standard InChI is InChI=1S/C21H25F4N3O4/c1-19(2,3)32-18(29)27-10-11-31-15-8-9-16(20(30,12-26)21(23,24)25)28-17(15)13-4-6-14(22)7-5-13/h4-9,30H,10-12,26H2,1-3H3,(H,27,29). The third-order valence-electron chi connectivity index (χ3n) is 4.19. The molecule has 176 valence electrons. The smallest absolute Gasteiger partial charge is 0.424 e. The highest BCUT2D eigenvalue weighted by molar-refractivity contribution is 5.68. The molecule has 2 aromatic rings. The summed E-state index contributed by atoms with van der Waals surface area (Å²) in [5.74, 6) is -0.490. The van der Waals surface area contributed by atoms with Crippen molar-refractivity contribution in [3.8, 4) is 17.0 Å². The minimum Gasteiger partial charge on any atom is -0.489 e. The number of carbonyl (C=O) groups excluding carboxylic acids is 1. The number of alkyl carbamates (subject to hydrolysis) is 1. The first-order valence-electron chi connectivity index (χ1n) is 9.63. The number of benzene rings is 1. The third kappa shape index (κ3) is 6.30. The number of alkyl halides is 3. The van der Waals surface area contributed by atoms with E-state index in [0.717, 1.165) is 18.2 Å². The summed E-state index contributed by atoms with van der Waals surface area (Å²) in [4.78, 5) is 15.6. The number of nitrogens with zero attached hydrogens (tertiary/aromatic N) is 1. The number of aromatic nitrogens is 1. The van der Waals surface area contributed by atoms with Gasteiger partial charge in [-0.25, -0.2) is 14.2 Å². The minimum atomic E-state index is -5.07. The summed E-state index contributed by atoms with van der Waals surface area (Å²) in [6.07, 6.45) is -5.74. The van der Waals surface area contributed by atoms with Gasteiger partial charge in [0.2, 0.25) is 5.60 Å². The summed E-state index contributed by atoms with van der Waals surface area (Å²) < 4.78 is 64.2. The van der Waals surface area contributed by atoms with Gasteiger partial charge in [-0.3, -0.25) is 0 Å². The predicted molar refractivity (Wildman–Crippen MR) is 108 cm³/mol. The lowest BCUT2D eigenvalue weighted by molar-refractivity contribution is -0.263. The van der Waals surface area contributed by atoms with Crippen LogP contribution in [0.5, 0.6) is 5.75 Å². The fourth-order valence-corrected chi connectivity index (χ4v) is 2.60. The zero-order chi connectivity index (χ0) is 24.2.